The predicted molar refractivity (Wildman–Crippen MR) is 136 cm³/mol. The first-order valence-corrected chi connectivity index (χ1v) is 13.3. The highest BCUT2D eigenvalue weighted by Crippen LogP contribution is 2.28. The summed E-state index contributed by atoms with van der Waals surface area (Å²) in [7, 11) is -4.64. The SMILES string of the molecule is CC(=O)N[C@@H]([C@@H](O)[C@H](O)[C@H](O)CO)[C@@H](O)CC(=O)C(=O)O.Nc1ccn([C@@H]2O[C@H](CO)[C@@H](O)[C@H]2O)c(=O)n1.O=P(O)(O)O. The van der Waals surface area contributed by atoms with E-state index >= 15 is 0 Å². The van der Waals surface area contributed by atoms with Crippen LogP contribution in [0.4, 0.5) is 5.82 Å². The maximum absolute atomic E-state index is 11.5. The van der Waals surface area contributed by atoms with Gasteiger partial charge in [-0.1, -0.05) is 0 Å². The van der Waals surface area contributed by atoms with E-state index in [1.807, 2.05) is 5.32 Å². The van der Waals surface area contributed by atoms with E-state index in [0.717, 1.165) is 11.5 Å². The van der Waals surface area contributed by atoms with Crippen LogP contribution >= 0.6 is 7.82 Å². The summed E-state index contributed by atoms with van der Waals surface area (Å²) in [5, 5.41) is 85.6. The number of rotatable bonds is 11. The van der Waals surface area contributed by atoms with E-state index < -0.39 is 106 Å². The van der Waals surface area contributed by atoms with E-state index in [9.17, 15) is 49.8 Å². The van der Waals surface area contributed by atoms with Gasteiger partial charge in [-0.3, -0.25) is 14.2 Å². The predicted octanol–water partition coefficient (Wildman–Crippen LogP) is -7.52. The molecule has 43 heavy (non-hydrogen) atoms. The number of carboxylic acids is 1. The van der Waals surface area contributed by atoms with Crippen LogP contribution in [-0.2, 0) is 23.7 Å². The lowest BCUT2D eigenvalue weighted by molar-refractivity contribution is -0.151. The zero-order valence-electron chi connectivity index (χ0n) is 22.2. The lowest BCUT2D eigenvalue weighted by atomic mass is 9.94. The van der Waals surface area contributed by atoms with Gasteiger partial charge in [0, 0.05) is 19.5 Å². The van der Waals surface area contributed by atoms with Crippen molar-refractivity contribution in [3.63, 3.8) is 0 Å². The normalized spacial score (nSPS) is 23.3. The van der Waals surface area contributed by atoms with Crippen molar-refractivity contribution in [3.8, 4) is 0 Å². The summed E-state index contributed by atoms with van der Waals surface area (Å²) >= 11 is 0. The Morgan fingerprint density at radius 3 is 2.00 bits per heavy atom. The first-order valence-electron chi connectivity index (χ1n) is 11.8. The largest absolute Gasteiger partial charge is 0.475 e. The molecular weight excluding hydrogens is 615 g/mol. The van der Waals surface area contributed by atoms with E-state index in [2.05, 4.69) is 4.98 Å². The van der Waals surface area contributed by atoms with Gasteiger partial charge in [-0.05, 0) is 6.07 Å². The molecule has 1 fully saturated rings. The molecule has 2 rings (SSSR count). The van der Waals surface area contributed by atoms with Crippen LogP contribution in [-0.4, -0.2) is 150 Å². The van der Waals surface area contributed by atoms with Crippen LogP contribution in [0.25, 0.3) is 0 Å². The zero-order valence-corrected chi connectivity index (χ0v) is 23.1. The van der Waals surface area contributed by atoms with Crippen molar-refractivity contribution < 1.29 is 84.3 Å². The van der Waals surface area contributed by atoms with Gasteiger partial charge in [0.1, 0.15) is 42.4 Å². The highest BCUT2D eigenvalue weighted by Gasteiger charge is 2.43. The number of carbonyl (C=O) groups excluding carboxylic acids is 2. The van der Waals surface area contributed by atoms with Gasteiger partial charge in [-0.2, -0.15) is 4.98 Å². The van der Waals surface area contributed by atoms with Crippen molar-refractivity contribution in [2.24, 2.45) is 0 Å². The highest BCUT2D eigenvalue weighted by atomic mass is 31.2. The summed E-state index contributed by atoms with van der Waals surface area (Å²) < 4.78 is 15.1. The van der Waals surface area contributed by atoms with Crippen molar-refractivity contribution in [2.75, 3.05) is 18.9 Å². The summed E-state index contributed by atoms with van der Waals surface area (Å²) in [4.78, 5) is 69.0. The fraction of sp³-hybridized carbons (Fsp3) is 0.650. The van der Waals surface area contributed by atoms with Gasteiger partial charge in [0.25, 0.3) is 0 Å². The van der Waals surface area contributed by atoms with E-state index in [-0.39, 0.29) is 5.82 Å². The number of ketones is 1. The molecule has 2 heterocycles. The second-order valence-electron chi connectivity index (χ2n) is 8.74. The molecule has 0 aromatic carbocycles. The van der Waals surface area contributed by atoms with Crippen LogP contribution in [0.5, 0.6) is 0 Å². The number of carboxylic acid groups (broad SMARTS) is 1. The maximum Gasteiger partial charge on any atom is 0.466 e. The van der Waals surface area contributed by atoms with Crippen molar-refractivity contribution in [1.82, 2.24) is 14.9 Å². The van der Waals surface area contributed by atoms with Gasteiger partial charge in [0.05, 0.1) is 25.4 Å². The third-order valence-corrected chi connectivity index (χ3v) is 5.36. The maximum atomic E-state index is 11.5. The van der Waals surface area contributed by atoms with E-state index in [0.29, 0.717) is 0 Å². The number of amides is 1. The molecule has 1 aliphatic heterocycles. The smallest absolute Gasteiger partial charge is 0.466 e. The topological polar surface area (TPSA) is 393 Å². The Hall–Kier alpha value is -2.96. The van der Waals surface area contributed by atoms with Crippen molar-refractivity contribution in [1.29, 1.82) is 0 Å². The number of nitrogens with two attached hydrogens (primary N) is 1. The third-order valence-electron chi connectivity index (χ3n) is 5.36. The summed E-state index contributed by atoms with van der Waals surface area (Å²) in [6.45, 7) is -0.318. The average Bonchev–Trinajstić information content (AvgIpc) is 3.18. The number of ether oxygens (including phenoxy) is 1. The molecule has 0 bridgehead atoms. The molecule has 0 aliphatic carbocycles. The number of Topliss-reactive ketones (excluding diaryl/α,β-unsaturated/α-hetero) is 1. The Morgan fingerprint density at radius 2 is 1.60 bits per heavy atom. The van der Waals surface area contributed by atoms with Gasteiger partial charge in [-0.15, -0.1) is 0 Å². The standard InChI is InChI=1S/C11H19NO9.C9H13N3O5.H3O4P/c1-4(14)12-8(5(15)2-6(16)11(20)21)10(19)9(18)7(17)3-13;10-5-1-2-12(9(16)11-5)8-7(15)6(14)4(3-13)17-8;1-5(2,3)4/h5,7-10,13,15,17-19H,2-3H2,1H3,(H,12,14)(H,20,21);1-2,4,6-8,13-15H,3H2,(H2,10,11,16);(H3,1,2,3,4)/t5-,7+,8+,9+,10+;4-,6-,7-,8-;/m01./s1. The number of nitrogen functional groups attached to an aromatic ring is 1. The fourth-order valence-electron chi connectivity index (χ4n) is 3.33. The Kier molecular flexibility index (Phi) is 16.8. The first kappa shape index (κ1) is 40.0. The molecule has 0 saturated carbocycles. The van der Waals surface area contributed by atoms with E-state index in [4.69, 9.17) is 45.0 Å². The van der Waals surface area contributed by atoms with Gasteiger partial charge in [0.2, 0.25) is 11.7 Å². The zero-order chi connectivity index (χ0) is 33.8. The number of nitrogens with one attached hydrogen (secondary N) is 1. The van der Waals surface area contributed by atoms with Crippen LogP contribution in [0.3, 0.4) is 0 Å². The van der Waals surface area contributed by atoms with Crippen LogP contribution in [0.2, 0.25) is 0 Å². The third kappa shape index (κ3) is 13.9. The van der Waals surface area contributed by atoms with Crippen LogP contribution < -0.4 is 16.7 Å². The van der Waals surface area contributed by atoms with Crippen LogP contribution in [0, 0.1) is 0 Å². The molecule has 9 atom stereocenters. The lowest BCUT2D eigenvalue weighted by Gasteiger charge is -2.32. The number of aliphatic hydroxyl groups is 8. The molecule has 1 saturated heterocycles. The number of aliphatic hydroxyl groups excluding tert-OH is 8. The molecule has 15 N–H and O–H groups in total. The monoisotopic (exact) mass is 650 g/mol. The van der Waals surface area contributed by atoms with Crippen molar-refractivity contribution >= 4 is 31.3 Å². The quantitative estimate of drug-likeness (QED) is 0.0780. The molecule has 248 valence electrons. The minimum atomic E-state index is -4.64. The number of aromatic nitrogens is 2. The number of phosphoric acid groups is 1. The Morgan fingerprint density at radius 1 is 1.07 bits per heavy atom. The molecule has 0 spiro atoms. The molecule has 0 unspecified atom stereocenters. The highest BCUT2D eigenvalue weighted by molar-refractivity contribution is 7.45. The number of hydrogen-bond acceptors (Lipinski definition) is 16. The molecular formula is C20H35N4O18P. The number of anilines is 1. The van der Waals surface area contributed by atoms with Crippen LogP contribution in [0.15, 0.2) is 17.1 Å². The number of aliphatic carboxylic acids is 1. The summed E-state index contributed by atoms with van der Waals surface area (Å²) in [6.07, 6.45) is -11.6. The Balaban J connectivity index is 0.000000717. The Labute approximate surface area is 241 Å². The molecule has 23 heteroatoms. The van der Waals surface area contributed by atoms with Gasteiger partial charge < -0.3 is 76.4 Å². The van der Waals surface area contributed by atoms with Crippen LogP contribution in [0.1, 0.15) is 19.6 Å². The minimum Gasteiger partial charge on any atom is -0.475 e. The molecule has 1 aliphatic rings. The second kappa shape index (κ2) is 18.0. The summed E-state index contributed by atoms with van der Waals surface area (Å²) in [5.41, 5.74) is 4.63. The van der Waals surface area contributed by atoms with E-state index in [1.165, 1.54) is 12.3 Å². The molecule has 1 amide bonds. The Bertz CT molecular complexity index is 1150. The lowest BCUT2D eigenvalue weighted by Crippen LogP contribution is -2.57. The molecule has 0 radical (unpaired) electrons. The van der Waals surface area contributed by atoms with Crippen molar-refractivity contribution in [2.45, 2.75) is 68.3 Å². The molecule has 1 aromatic heterocycles. The van der Waals surface area contributed by atoms with Gasteiger partial charge in [0.15, 0.2) is 6.23 Å². The van der Waals surface area contributed by atoms with Gasteiger partial charge >= 0.3 is 19.5 Å². The van der Waals surface area contributed by atoms with Gasteiger partial charge in [-0.25, -0.2) is 14.2 Å². The first-order chi connectivity index (χ1) is 19.7. The number of carbonyl (C=O) groups is 3. The average molecular weight is 650 g/mol. The van der Waals surface area contributed by atoms with Crippen molar-refractivity contribution in [3.05, 3.63) is 22.7 Å². The molecule has 1 aromatic rings. The minimum absolute atomic E-state index is 0.0537. The molecule has 22 nitrogen and oxygen atoms in total. The number of nitrogens with zero attached hydrogens (tertiary/aromatic N) is 2. The fourth-order valence-corrected chi connectivity index (χ4v) is 3.33. The van der Waals surface area contributed by atoms with E-state index in [1.54, 1.807) is 0 Å². The second-order valence-corrected chi connectivity index (χ2v) is 9.77. The number of hydrogen-bond donors (Lipinski definition) is 14. The summed E-state index contributed by atoms with van der Waals surface area (Å²) in [5.74, 6) is -3.84. The summed E-state index contributed by atoms with van der Waals surface area (Å²) in [6, 6.07) is -0.238.